The standard InChI is InChI=1S/C27H31N3O5S2/c31-24-16-21(11-4-5-12-36)35-25(32)15-19-9-6-10-20(13-19)28-27(34)23(17-37)30-26(33)22(29-24)14-18-7-2-1-3-8-18/h1-4,6-11,13,21-23,36-37H,5,12,14-17H2,(H,28,34)(H,29,31)(H,30,33)/b11-4+. The Morgan fingerprint density at radius 3 is 2.43 bits per heavy atom. The van der Waals surface area contributed by atoms with Crippen molar-refractivity contribution in [3.8, 4) is 0 Å². The van der Waals surface area contributed by atoms with Crippen molar-refractivity contribution in [2.75, 3.05) is 16.8 Å². The molecule has 0 fully saturated rings. The molecule has 3 rings (SSSR count). The lowest BCUT2D eigenvalue weighted by Gasteiger charge is -2.23. The van der Waals surface area contributed by atoms with Gasteiger partial charge in [-0.25, -0.2) is 0 Å². The number of esters is 1. The number of benzene rings is 2. The molecule has 37 heavy (non-hydrogen) atoms. The van der Waals surface area contributed by atoms with Crippen molar-refractivity contribution in [3.05, 3.63) is 77.9 Å². The Labute approximate surface area is 227 Å². The Morgan fingerprint density at radius 2 is 1.70 bits per heavy atom. The van der Waals surface area contributed by atoms with Crippen molar-refractivity contribution in [1.29, 1.82) is 0 Å². The van der Waals surface area contributed by atoms with Crippen LogP contribution in [0.5, 0.6) is 0 Å². The van der Waals surface area contributed by atoms with Crippen LogP contribution in [-0.4, -0.2) is 53.4 Å². The highest BCUT2D eigenvalue weighted by molar-refractivity contribution is 7.80. The fourth-order valence-electron chi connectivity index (χ4n) is 3.80. The van der Waals surface area contributed by atoms with E-state index in [4.69, 9.17) is 4.74 Å². The number of allylic oxidation sites excluding steroid dienone is 1. The topological polar surface area (TPSA) is 114 Å². The zero-order chi connectivity index (χ0) is 26.6. The Hall–Kier alpha value is -3.24. The van der Waals surface area contributed by atoms with E-state index in [-0.39, 0.29) is 25.0 Å². The van der Waals surface area contributed by atoms with E-state index >= 15 is 0 Å². The molecule has 0 radical (unpaired) electrons. The van der Waals surface area contributed by atoms with Gasteiger partial charge in [-0.15, -0.1) is 0 Å². The van der Waals surface area contributed by atoms with E-state index in [1.54, 1.807) is 36.4 Å². The summed E-state index contributed by atoms with van der Waals surface area (Å²) in [7, 11) is 0. The van der Waals surface area contributed by atoms with E-state index < -0.39 is 41.9 Å². The smallest absolute Gasteiger partial charge is 0.310 e. The average Bonchev–Trinajstić information content (AvgIpc) is 2.87. The van der Waals surface area contributed by atoms with Crippen LogP contribution in [0.2, 0.25) is 0 Å². The van der Waals surface area contributed by atoms with Crippen molar-refractivity contribution in [3.63, 3.8) is 0 Å². The predicted octanol–water partition coefficient (Wildman–Crippen LogP) is 2.50. The first kappa shape index (κ1) is 28.3. The fourth-order valence-corrected chi connectivity index (χ4v) is 4.20. The van der Waals surface area contributed by atoms with Gasteiger partial charge in [-0.2, -0.15) is 25.3 Å². The van der Waals surface area contributed by atoms with Crippen LogP contribution in [0.25, 0.3) is 0 Å². The zero-order valence-corrected chi connectivity index (χ0v) is 22.1. The summed E-state index contributed by atoms with van der Waals surface area (Å²) in [5.74, 6) is -1.32. The Morgan fingerprint density at radius 1 is 0.919 bits per heavy atom. The number of ether oxygens (including phenoxy) is 1. The fraction of sp³-hybridized carbons (Fsp3) is 0.333. The largest absolute Gasteiger partial charge is 0.457 e. The van der Waals surface area contributed by atoms with Crippen molar-refractivity contribution < 1.29 is 23.9 Å². The predicted molar refractivity (Wildman–Crippen MR) is 149 cm³/mol. The van der Waals surface area contributed by atoms with Gasteiger partial charge in [0.2, 0.25) is 17.7 Å². The SMILES string of the molecule is O=C1CC(/C=C/CCS)OC(=O)Cc2cccc(c2)NC(=O)C(CS)NC(=O)C(Cc2ccccc2)N1. The zero-order valence-electron chi connectivity index (χ0n) is 20.3. The molecule has 3 amide bonds. The second kappa shape index (κ2) is 14.5. The van der Waals surface area contributed by atoms with Crippen LogP contribution in [0.1, 0.15) is 24.0 Å². The molecule has 2 aromatic carbocycles. The highest BCUT2D eigenvalue weighted by Crippen LogP contribution is 2.15. The van der Waals surface area contributed by atoms with Crippen molar-refractivity contribution in [1.82, 2.24) is 10.6 Å². The summed E-state index contributed by atoms with van der Waals surface area (Å²) in [6, 6.07) is 14.1. The van der Waals surface area contributed by atoms with Crippen molar-refractivity contribution in [2.24, 2.45) is 0 Å². The molecule has 2 bridgehead atoms. The van der Waals surface area contributed by atoms with Crippen LogP contribution in [0.15, 0.2) is 66.7 Å². The molecule has 0 aliphatic carbocycles. The van der Waals surface area contributed by atoms with Gasteiger partial charge in [0.05, 0.1) is 12.8 Å². The molecule has 1 heterocycles. The maximum absolute atomic E-state index is 13.2. The number of rotatable bonds is 6. The third-order valence-corrected chi connectivity index (χ3v) is 6.23. The second-order valence-corrected chi connectivity index (χ2v) is 9.41. The van der Waals surface area contributed by atoms with Gasteiger partial charge in [0.15, 0.2) is 0 Å². The minimum absolute atomic E-state index is 0.0361. The van der Waals surface area contributed by atoms with E-state index in [0.717, 1.165) is 5.56 Å². The number of amides is 3. The number of fused-ring (bicyclic) bond motifs is 2. The highest BCUT2D eigenvalue weighted by atomic mass is 32.1. The molecule has 0 saturated heterocycles. The minimum atomic E-state index is -0.959. The molecule has 0 aromatic heterocycles. The van der Waals surface area contributed by atoms with Gasteiger partial charge < -0.3 is 20.7 Å². The summed E-state index contributed by atoms with van der Waals surface area (Å²) in [6.45, 7) is 0. The van der Waals surface area contributed by atoms with Crippen LogP contribution in [-0.2, 0) is 36.8 Å². The number of cyclic esters (lactones) is 1. The first-order valence-corrected chi connectivity index (χ1v) is 13.3. The molecule has 196 valence electrons. The lowest BCUT2D eigenvalue weighted by atomic mass is 10.0. The molecule has 0 spiro atoms. The number of anilines is 1. The monoisotopic (exact) mass is 541 g/mol. The summed E-state index contributed by atoms with van der Waals surface area (Å²) in [5, 5.41) is 8.21. The number of thiol groups is 2. The van der Waals surface area contributed by atoms with Crippen molar-refractivity contribution >= 4 is 54.6 Å². The average molecular weight is 542 g/mol. The number of carbonyl (C=O) groups excluding carboxylic acids is 4. The van der Waals surface area contributed by atoms with Gasteiger partial charge in [-0.3, -0.25) is 19.2 Å². The summed E-state index contributed by atoms with van der Waals surface area (Å²) in [6.07, 6.45) is 3.31. The molecule has 3 unspecified atom stereocenters. The van der Waals surface area contributed by atoms with Gasteiger partial charge >= 0.3 is 5.97 Å². The Bertz CT molecular complexity index is 1130. The Kier molecular flexibility index (Phi) is 11.1. The summed E-state index contributed by atoms with van der Waals surface area (Å²) in [5.41, 5.74) is 1.94. The molecule has 2 aromatic rings. The molecule has 0 saturated carbocycles. The summed E-state index contributed by atoms with van der Waals surface area (Å²) in [4.78, 5) is 51.8. The third-order valence-electron chi connectivity index (χ3n) is 5.61. The molecule has 1 aliphatic rings. The van der Waals surface area contributed by atoms with Crippen molar-refractivity contribution in [2.45, 2.75) is 43.9 Å². The minimum Gasteiger partial charge on any atom is -0.457 e. The van der Waals surface area contributed by atoms with E-state index in [1.165, 1.54) is 0 Å². The normalized spacial score (nSPS) is 21.6. The van der Waals surface area contributed by atoms with Crippen LogP contribution in [0.4, 0.5) is 5.69 Å². The van der Waals surface area contributed by atoms with Gasteiger partial charge in [-0.05, 0) is 41.5 Å². The number of hydrogen-bond acceptors (Lipinski definition) is 7. The molecule has 8 nitrogen and oxygen atoms in total. The van der Waals surface area contributed by atoms with E-state index in [1.807, 2.05) is 30.3 Å². The second-order valence-electron chi connectivity index (χ2n) is 8.59. The molecule has 1 aliphatic heterocycles. The lowest BCUT2D eigenvalue weighted by molar-refractivity contribution is -0.147. The molecule has 3 atom stereocenters. The van der Waals surface area contributed by atoms with Gasteiger partial charge in [0.1, 0.15) is 18.2 Å². The Balaban J connectivity index is 1.92. The number of hydrogen-bond donors (Lipinski definition) is 5. The van der Waals surface area contributed by atoms with Crippen LogP contribution in [0, 0.1) is 0 Å². The quantitative estimate of drug-likeness (QED) is 0.219. The highest BCUT2D eigenvalue weighted by Gasteiger charge is 2.28. The van der Waals surface area contributed by atoms with Gasteiger partial charge in [-0.1, -0.05) is 48.5 Å². The number of carbonyl (C=O) groups is 4. The third kappa shape index (κ3) is 9.29. The van der Waals surface area contributed by atoms with E-state index in [0.29, 0.717) is 23.4 Å². The van der Waals surface area contributed by atoms with Gasteiger partial charge in [0.25, 0.3) is 0 Å². The van der Waals surface area contributed by atoms with E-state index in [9.17, 15) is 19.2 Å². The first-order valence-electron chi connectivity index (χ1n) is 12.0. The summed E-state index contributed by atoms with van der Waals surface area (Å²) >= 11 is 8.42. The lowest BCUT2D eigenvalue weighted by Crippen LogP contribution is -2.54. The van der Waals surface area contributed by atoms with Gasteiger partial charge in [0, 0.05) is 17.9 Å². The number of nitrogens with one attached hydrogen (secondary N) is 3. The molecular weight excluding hydrogens is 510 g/mol. The maximum Gasteiger partial charge on any atom is 0.310 e. The maximum atomic E-state index is 13.2. The van der Waals surface area contributed by atoms with E-state index in [2.05, 4.69) is 41.2 Å². The van der Waals surface area contributed by atoms with Crippen LogP contribution in [0.3, 0.4) is 0 Å². The summed E-state index contributed by atoms with van der Waals surface area (Å²) < 4.78 is 5.59. The molecular formula is C27H31N3O5S2. The first-order chi connectivity index (χ1) is 17.9. The molecule has 10 heteroatoms. The van der Waals surface area contributed by atoms with Crippen LogP contribution < -0.4 is 16.0 Å². The van der Waals surface area contributed by atoms with Crippen LogP contribution >= 0.6 is 25.3 Å². The molecule has 3 N–H and O–H groups in total.